The maximum atomic E-state index is 11.7. The van der Waals surface area contributed by atoms with Crippen molar-refractivity contribution in [2.24, 2.45) is 0 Å². The summed E-state index contributed by atoms with van der Waals surface area (Å²) < 4.78 is 9.87. The number of rotatable bonds is 6. The molecule has 6 nitrogen and oxygen atoms in total. The Balaban J connectivity index is 4.33. The van der Waals surface area contributed by atoms with Gasteiger partial charge in [-0.05, 0) is 27.7 Å². The van der Waals surface area contributed by atoms with E-state index in [0.29, 0.717) is 12.9 Å². The topological polar surface area (TPSA) is 72.9 Å². The van der Waals surface area contributed by atoms with Crippen molar-refractivity contribution in [3.05, 3.63) is 0 Å². The number of hydrogen-bond donors (Lipinski definition) is 0. The predicted octanol–water partition coefficient (Wildman–Crippen LogP) is 1.38. The minimum Gasteiger partial charge on any atom is -0.466 e. The molecule has 104 valence electrons. The normalized spacial score (nSPS) is 10.7. The van der Waals surface area contributed by atoms with Crippen LogP contribution < -0.4 is 0 Å². The summed E-state index contributed by atoms with van der Waals surface area (Å²) >= 11 is 0. The van der Waals surface area contributed by atoms with Crippen molar-refractivity contribution >= 4 is 18.3 Å². The van der Waals surface area contributed by atoms with E-state index in [2.05, 4.69) is 0 Å². The van der Waals surface area contributed by atoms with E-state index in [4.69, 9.17) is 9.47 Å². The summed E-state index contributed by atoms with van der Waals surface area (Å²) in [6, 6.07) is 0. The molecule has 0 N–H and O–H groups in total. The molecule has 0 unspecified atom stereocenters. The highest BCUT2D eigenvalue weighted by molar-refractivity contribution is 5.74. The van der Waals surface area contributed by atoms with Crippen LogP contribution >= 0.6 is 0 Å². The van der Waals surface area contributed by atoms with Crippen molar-refractivity contribution in [2.75, 3.05) is 19.7 Å². The van der Waals surface area contributed by atoms with E-state index in [1.807, 2.05) is 0 Å². The van der Waals surface area contributed by atoms with Crippen molar-refractivity contribution in [1.29, 1.82) is 0 Å². The predicted molar refractivity (Wildman–Crippen MR) is 65.1 cm³/mol. The summed E-state index contributed by atoms with van der Waals surface area (Å²) in [5.41, 5.74) is -0.637. The number of esters is 1. The van der Waals surface area contributed by atoms with E-state index in [9.17, 15) is 14.4 Å². The average molecular weight is 259 g/mol. The van der Waals surface area contributed by atoms with Crippen LogP contribution in [-0.2, 0) is 19.1 Å². The van der Waals surface area contributed by atoms with Crippen LogP contribution in [0.25, 0.3) is 0 Å². The molecule has 0 aromatic rings. The van der Waals surface area contributed by atoms with Crippen LogP contribution in [0.15, 0.2) is 0 Å². The molecule has 0 atom stereocenters. The third-order valence-corrected chi connectivity index (χ3v) is 1.84. The summed E-state index contributed by atoms with van der Waals surface area (Å²) in [6.45, 7) is 7.19. The van der Waals surface area contributed by atoms with Crippen LogP contribution in [0, 0.1) is 0 Å². The fourth-order valence-electron chi connectivity index (χ4n) is 1.13. The van der Waals surface area contributed by atoms with Gasteiger partial charge in [-0.2, -0.15) is 0 Å². The maximum Gasteiger partial charge on any atom is 0.410 e. The first kappa shape index (κ1) is 16.4. The second kappa shape index (κ2) is 7.68. The first-order chi connectivity index (χ1) is 8.30. The lowest BCUT2D eigenvalue weighted by Crippen LogP contribution is -2.39. The Hall–Kier alpha value is -1.59. The zero-order valence-electron chi connectivity index (χ0n) is 11.4. The summed E-state index contributed by atoms with van der Waals surface area (Å²) in [6.07, 6.45) is 0.0228. The Morgan fingerprint density at radius 3 is 2.33 bits per heavy atom. The molecule has 0 radical (unpaired) electrons. The van der Waals surface area contributed by atoms with Crippen molar-refractivity contribution in [3.8, 4) is 0 Å². The second-order valence-corrected chi connectivity index (χ2v) is 4.65. The monoisotopic (exact) mass is 259 g/mol. The Kier molecular flexibility index (Phi) is 7.00. The van der Waals surface area contributed by atoms with Crippen LogP contribution in [0.1, 0.15) is 34.1 Å². The van der Waals surface area contributed by atoms with E-state index in [0.717, 1.165) is 0 Å². The number of ether oxygens (including phenoxy) is 2. The lowest BCUT2D eigenvalue weighted by atomic mass is 10.2. The van der Waals surface area contributed by atoms with Crippen LogP contribution in [-0.4, -0.2) is 48.5 Å². The van der Waals surface area contributed by atoms with Crippen LogP contribution in [0.5, 0.6) is 0 Å². The number of carbonyl (C=O) groups is 3. The number of nitrogens with zero attached hydrogens (tertiary/aromatic N) is 1. The maximum absolute atomic E-state index is 11.7. The summed E-state index contributed by atoms with van der Waals surface area (Å²) in [5.74, 6) is -0.406. The van der Waals surface area contributed by atoms with Gasteiger partial charge in [0.25, 0.3) is 0 Å². The quantitative estimate of drug-likeness (QED) is 0.532. The Bertz CT molecular complexity index is 295. The molecule has 18 heavy (non-hydrogen) atoms. The summed E-state index contributed by atoms with van der Waals surface area (Å²) in [4.78, 5) is 34.5. The van der Waals surface area contributed by atoms with Gasteiger partial charge in [-0.3, -0.25) is 4.79 Å². The van der Waals surface area contributed by atoms with Gasteiger partial charge < -0.3 is 19.2 Å². The minimum atomic E-state index is -0.637. The molecule has 0 aliphatic rings. The molecule has 0 fully saturated rings. The van der Waals surface area contributed by atoms with E-state index in [1.54, 1.807) is 27.7 Å². The highest BCUT2D eigenvalue weighted by Gasteiger charge is 2.22. The standard InChI is InChI=1S/C12H21NO5/c1-5-17-10(15)6-7-13(8-9-14)11(16)18-12(2,3)4/h9H,5-8H2,1-4H3. The highest BCUT2D eigenvalue weighted by Crippen LogP contribution is 2.10. The molecular weight excluding hydrogens is 238 g/mol. The lowest BCUT2D eigenvalue weighted by Gasteiger charge is -2.25. The van der Waals surface area contributed by atoms with Crippen LogP contribution in [0.2, 0.25) is 0 Å². The smallest absolute Gasteiger partial charge is 0.410 e. The van der Waals surface area contributed by atoms with E-state index in [1.165, 1.54) is 4.90 Å². The van der Waals surface area contributed by atoms with E-state index in [-0.39, 0.29) is 19.5 Å². The number of carbonyl (C=O) groups excluding carboxylic acids is 3. The molecule has 0 aliphatic carbocycles. The number of hydrogen-bond acceptors (Lipinski definition) is 5. The molecule has 0 spiro atoms. The summed E-state index contributed by atoms with van der Waals surface area (Å²) in [5, 5.41) is 0. The van der Waals surface area contributed by atoms with Gasteiger partial charge in [0.1, 0.15) is 11.9 Å². The molecule has 0 saturated heterocycles. The molecule has 0 bridgehead atoms. The van der Waals surface area contributed by atoms with Crippen molar-refractivity contribution in [2.45, 2.75) is 39.7 Å². The van der Waals surface area contributed by atoms with Gasteiger partial charge >= 0.3 is 12.1 Å². The number of amides is 1. The van der Waals surface area contributed by atoms with Crippen molar-refractivity contribution < 1.29 is 23.9 Å². The highest BCUT2D eigenvalue weighted by atomic mass is 16.6. The van der Waals surface area contributed by atoms with Gasteiger partial charge in [-0.1, -0.05) is 0 Å². The average Bonchev–Trinajstić information content (AvgIpc) is 2.22. The Morgan fingerprint density at radius 1 is 1.28 bits per heavy atom. The molecule has 1 amide bonds. The fraction of sp³-hybridized carbons (Fsp3) is 0.750. The van der Waals surface area contributed by atoms with Gasteiger partial charge in [-0.15, -0.1) is 0 Å². The minimum absolute atomic E-state index is 0.0426. The van der Waals surface area contributed by atoms with Crippen LogP contribution in [0.3, 0.4) is 0 Å². The lowest BCUT2D eigenvalue weighted by molar-refractivity contribution is -0.143. The molecule has 0 aromatic heterocycles. The zero-order valence-corrected chi connectivity index (χ0v) is 11.4. The third kappa shape index (κ3) is 7.65. The van der Waals surface area contributed by atoms with E-state index >= 15 is 0 Å². The van der Waals surface area contributed by atoms with Crippen LogP contribution in [0.4, 0.5) is 4.79 Å². The SMILES string of the molecule is CCOC(=O)CCN(CC=O)C(=O)OC(C)(C)C. The third-order valence-electron chi connectivity index (χ3n) is 1.84. The molecular formula is C12H21NO5. The molecule has 0 heterocycles. The molecule has 0 aromatic carbocycles. The van der Waals surface area contributed by atoms with Crippen molar-refractivity contribution in [1.82, 2.24) is 4.90 Å². The molecule has 6 heteroatoms. The van der Waals surface area contributed by atoms with Crippen molar-refractivity contribution in [3.63, 3.8) is 0 Å². The van der Waals surface area contributed by atoms with Gasteiger partial charge in [0.2, 0.25) is 0 Å². The fourth-order valence-corrected chi connectivity index (χ4v) is 1.13. The largest absolute Gasteiger partial charge is 0.466 e. The number of aldehydes is 1. The van der Waals surface area contributed by atoms with Gasteiger partial charge in [0.15, 0.2) is 0 Å². The molecule has 0 saturated carbocycles. The Morgan fingerprint density at radius 2 is 1.89 bits per heavy atom. The zero-order chi connectivity index (χ0) is 14.2. The molecule has 0 aliphatic heterocycles. The first-order valence-electron chi connectivity index (χ1n) is 5.87. The van der Waals surface area contributed by atoms with Gasteiger partial charge in [0.05, 0.1) is 19.6 Å². The Labute approximate surface area is 107 Å². The summed E-state index contributed by atoms with van der Waals surface area (Å²) in [7, 11) is 0. The second-order valence-electron chi connectivity index (χ2n) is 4.65. The first-order valence-corrected chi connectivity index (χ1v) is 5.87. The molecule has 0 rings (SSSR count). The van der Waals surface area contributed by atoms with Gasteiger partial charge in [0, 0.05) is 6.54 Å². The van der Waals surface area contributed by atoms with Gasteiger partial charge in [-0.25, -0.2) is 4.79 Å². The van der Waals surface area contributed by atoms with E-state index < -0.39 is 17.7 Å².